The van der Waals surface area contributed by atoms with Gasteiger partial charge >= 0.3 is 5.97 Å². The van der Waals surface area contributed by atoms with Crippen LogP contribution in [0, 0.1) is 47.3 Å². The molecule has 4 atom stereocenters. The van der Waals surface area contributed by atoms with Crippen LogP contribution in [0.2, 0.25) is 0 Å². The highest BCUT2D eigenvalue weighted by Crippen LogP contribution is 2.32. The van der Waals surface area contributed by atoms with E-state index in [1.54, 1.807) is 0 Å². The van der Waals surface area contributed by atoms with Crippen molar-refractivity contribution in [2.45, 2.75) is 173 Å². The third-order valence-electron chi connectivity index (χ3n) is 9.49. The van der Waals surface area contributed by atoms with Gasteiger partial charge in [0.1, 0.15) is 24.0 Å². The van der Waals surface area contributed by atoms with Crippen LogP contribution in [0.1, 0.15) is 149 Å². The number of esters is 1. The van der Waals surface area contributed by atoms with Gasteiger partial charge in [-0.2, -0.15) is 12.6 Å². The quantitative estimate of drug-likeness (QED) is 0.0328. The molecule has 6 N–H and O–H groups in total. The Morgan fingerprint density at radius 2 is 1.05 bits per heavy atom. The zero-order valence-corrected chi connectivity index (χ0v) is 40.1. The molecule has 334 valence electrons. The fourth-order valence-electron chi connectivity index (χ4n) is 5.59. The highest BCUT2D eigenvalue weighted by Gasteiger charge is 2.31. The van der Waals surface area contributed by atoms with Gasteiger partial charge in [0.05, 0.1) is 5.92 Å². The number of nitrogens with one attached hydrogen (secondary N) is 4. The molecule has 56 heavy (non-hydrogen) atoms. The molecule has 0 aliphatic heterocycles. The Hall–Kier alpha value is -1.37. The molecule has 0 bridgehead atoms. The summed E-state index contributed by atoms with van der Waals surface area (Å²) in [4.78, 5) is 46.0. The Morgan fingerprint density at radius 3 is 1.45 bits per heavy atom. The molecule has 4 unspecified atom stereocenters. The fourth-order valence-corrected chi connectivity index (χ4v) is 5.85. The average Bonchev–Trinajstić information content (AvgIpc) is 3.12. The monoisotopic (exact) mass is 816 g/mol. The van der Waals surface area contributed by atoms with Crippen molar-refractivity contribution in [3.8, 4) is 0 Å². The van der Waals surface area contributed by atoms with Crippen LogP contribution in [-0.2, 0) is 23.9 Å². The summed E-state index contributed by atoms with van der Waals surface area (Å²) in [5, 5.41) is 13.3. The lowest BCUT2D eigenvalue weighted by Crippen LogP contribution is -2.38. The number of ether oxygens (including phenoxy) is 1. The van der Waals surface area contributed by atoms with E-state index in [9.17, 15) is 19.2 Å². The van der Waals surface area contributed by atoms with E-state index in [2.05, 4.69) is 89.3 Å². The van der Waals surface area contributed by atoms with Gasteiger partial charge in [-0.1, -0.05) is 124 Å². The summed E-state index contributed by atoms with van der Waals surface area (Å²) < 4.78 is 4.95. The molecular formula is C45H93N5O5S. The lowest BCUT2D eigenvalue weighted by molar-refractivity contribution is -0.147. The molecular weight excluding hydrogens is 723 g/mol. The molecule has 0 aromatic heterocycles. The summed E-state index contributed by atoms with van der Waals surface area (Å²) in [6.45, 7) is 36.9. The third-order valence-corrected chi connectivity index (χ3v) is 10.0. The number of hydrogen-bond acceptors (Lipinski definition) is 11. The van der Waals surface area contributed by atoms with Crippen molar-refractivity contribution >= 4 is 35.9 Å². The first-order chi connectivity index (χ1) is 26.0. The Balaban J connectivity index is -0.000000673. The first-order valence-corrected chi connectivity index (χ1v) is 22.6. The summed E-state index contributed by atoms with van der Waals surface area (Å²) >= 11 is 4.27. The largest absolute Gasteiger partial charge is 0.464 e. The molecule has 1 fully saturated rings. The van der Waals surface area contributed by atoms with Gasteiger partial charge in [-0.25, -0.2) is 0 Å². The summed E-state index contributed by atoms with van der Waals surface area (Å²) in [7, 11) is 0. The molecule has 1 rings (SSSR count). The van der Waals surface area contributed by atoms with Crippen LogP contribution in [-0.4, -0.2) is 92.6 Å². The number of hydrogen-bond donors (Lipinski definition) is 6. The Bertz CT molecular complexity index is 965. The number of carbonyl (C=O) groups excluding carboxylic acids is 4. The van der Waals surface area contributed by atoms with Crippen LogP contribution in [0.5, 0.6) is 0 Å². The van der Waals surface area contributed by atoms with Crippen LogP contribution >= 0.6 is 12.6 Å². The predicted octanol–water partition coefficient (Wildman–Crippen LogP) is 7.52. The maximum atomic E-state index is 12.1. The van der Waals surface area contributed by atoms with E-state index < -0.39 is 0 Å². The van der Waals surface area contributed by atoms with Crippen LogP contribution in [0.15, 0.2) is 0 Å². The van der Waals surface area contributed by atoms with Crippen LogP contribution in [0.4, 0.5) is 0 Å². The van der Waals surface area contributed by atoms with Crippen molar-refractivity contribution < 1.29 is 23.9 Å². The van der Waals surface area contributed by atoms with E-state index in [1.165, 1.54) is 19.3 Å². The second kappa shape index (κ2) is 35.6. The maximum absolute atomic E-state index is 12.1. The zero-order valence-electron chi connectivity index (χ0n) is 39.2. The first kappa shape index (κ1) is 58.9. The topological polar surface area (TPSA) is 152 Å². The summed E-state index contributed by atoms with van der Waals surface area (Å²) in [6.07, 6.45) is 6.13. The van der Waals surface area contributed by atoms with Gasteiger partial charge in [0.2, 0.25) is 0 Å². The Kier molecular flexibility index (Phi) is 37.4. The van der Waals surface area contributed by atoms with Gasteiger partial charge in [0, 0.05) is 67.2 Å². The average molecular weight is 816 g/mol. The molecule has 1 aliphatic carbocycles. The minimum atomic E-state index is -0.124. The molecule has 1 saturated carbocycles. The van der Waals surface area contributed by atoms with Crippen molar-refractivity contribution in [2.75, 3.05) is 45.1 Å². The number of Topliss-reactive ketones (excluding diaryl/α,β-unsaturated/α-hetero) is 3. The lowest BCUT2D eigenvalue weighted by Gasteiger charge is -2.32. The van der Waals surface area contributed by atoms with Crippen molar-refractivity contribution in [3.05, 3.63) is 0 Å². The van der Waals surface area contributed by atoms with Gasteiger partial charge in [-0.3, -0.25) is 19.2 Å². The smallest absolute Gasteiger partial charge is 0.308 e. The van der Waals surface area contributed by atoms with Crippen LogP contribution in [0.25, 0.3) is 0 Å². The van der Waals surface area contributed by atoms with Gasteiger partial charge < -0.3 is 31.7 Å². The van der Waals surface area contributed by atoms with Crippen molar-refractivity contribution in [3.63, 3.8) is 0 Å². The van der Waals surface area contributed by atoms with Gasteiger partial charge in [-0.05, 0) is 62.5 Å². The van der Waals surface area contributed by atoms with E-state index in [4.69, 9.17) is 10.5 Å². The highest BCUT2D eigenvalue weighted by molar-refractivity contribution is 7.80. The lowest BCUT2D eigenvalue weighted by atomic mass is 9.74. The Labute approximate surface area is 351 Å². The van der Waals surface area contributed by atoms with E-state index in [1.807, 2.05) is 55.4 Å². The first-order valence-electron chi connectivity index (χ1n) is 22.0. The van der Waals surface area contributed by atoms with E-state index >= 15 is 0 Å². The number of carbonyl (C=O) groups is 4. The standard InChI is InChI=1S/C14H27NO.C11H24N2O.C11H23NOS.C9H19NO2/c1-10(2)14(16)13-8-6-5-7-12(13)9-15-11(3)4;1-8(2)11(14)5-10(6-12)7-13-9(3)4;1-8(2)11(13)5-10(7-14)6-12-9(3)4;1-7(2)9(11)12-6-5-10-8(3)4/h10-13,15H,5-9H2,1-4H3;8-10,13H,5-7,12H2,1-4H3;8-10,12,14H,5-7H2,1-4H3;7-8,10H,5-6H2,1-4H3. The molecule has 0 saturated heterocycles. The molecule has 0 aromatic rings. The Morgan fingerprint density at radius 1 is 0.607 bits per heavy atom. The number of nitrogens with two attached hydrogens (primary N) is 1. The predicted molar refractivity (Wildman–Crippen MR) is 242 cm³/mol. The second-order valence-corrected chi connectivity index (χ2v) is 18.5. The molecule has 10 nitrogen and oxygen atoms in total. The molecule has 0 spiro atoms. The summed E-state index contributed by atoms with van der Waals surface area (Å²) in [5.74, 6) is 3.79. The molecule has 0 amide bonds. The van der Waals surface area contributed by atoms with Crippen molar-refractivity contribution in [1.82, 2.24) is 21.3 Å². The van der Waals surface area contributed by atoms with Crippen molar-refractivity contribution in [1.29, 1.82) is 0 Å². The van der Waals surface area contributed by atoms with E-state index in [0.29, 0.717) is 85.3 Å². The second-order valence-electron chi connectivity index (χ2n) is 18.1. The molecule has 0 heterocycles. The van der Waals surface area contributed by atoms with Gasteiger partial charge in [0.25, 0.3) is 0 Å². The molecule has 11 heteroatoms. The maximum Gasteiger partial charge on any atom is 0.308 e. The minimum Gasteiger partial charge on any atom is -0.464 e. The van der Waals surface area contributed by atoms with Crippen LogP contribution in [0.3, 0.4) is 0 Å². The third kappa shape index (κ3) is 34.7. The SMILES string of the molecule is CC(C)NCC(CN)CC(=O)C(C)C.CC(C)NCC(CS)CC(=O)C(C)C.CC(C)NCC1CCCCC1C(=O)C(C)C.CC(C)NCCOC(=O)C(C)C. The van der Waals surface area contributed by atoms with E-state index in [0.717, 1.165) is 38.4 Å². The number of rotatable bonds is 24. The normalized spacial score (nSPS) is 16.7. The summed E-state index contributed by atoms with van der Waals surface area (Å²) in [5.41, 5.74) is 5.62. The van der Waals surface area contributed by atoms with E-state index in [-0.39, 0.29) is 35.6 Å². The zero-order chi connectivity index (χ0) is 44.0. The van der Waals surface area contributed by atoms with Crippen molar-refractivity contribution in [2.24, 2.45) is 53.1 Å². The molecule has 0 aromatic carbocycles. The highest BCUT2D eigenvalue weighted by atomic mass is 32.1. The minimum absolute atomic E-state index is 0.0240. The number of thiol groups is 1. The summed E-state index contributed by atoms with van der Waals surface area (Å²) in [6, 6.07) is 1.91. The number of ketones is 3. The van der Waals surface area contributed by atoms with Crippen LogP contribution < -0.4 is 27.0 Å². The van der Waals surface area contributed by atoms with Gasteiger partial charge in [0.15, 0.2) is 0 Å². The fraction of sp³-hybridized carbons (Fsp3) is 0.911. The molecule has 1 aliphatic rings. The molecule has 0 radical (unpaired) electrons. The van der Waals surface area contributed by atoms with Gasteiger partial charge in [-0.15, -0.1) is 0 Å².